The number of methoxy groups -OCH3 is 1. The van der Waals surface area contributed by atoms with Crippen molar-refractivity contribution in [3.63, 3.8) is 0 Å². The molecule has 3 rings (SSSR count). The normalized spacial score (nSPS) is 19.7. The maximum absolute atomic E-state index is 13.4. The van der Waals surface area contributed by atoms with Crippen LogP contribution in [0.5, 0.6) is 17.2 Å². The van der Waals surface area contributed by atoms with Gasteiger partial charge in [0.15, 0.2) is 23.1 Å². The van der Waals surface area contributed by atoms with Crippen LogP contribution >= 0.6 is 0 Å². The second-order valence-electron chi connectivity index (χ2n) is 10.0. The second-order valence-corrected chi connectivity index (χ2v) is 10.0. The molecule has 1 aliphatic rings. The molecule has 0 saturated heterocycles. The number of hydrogen-bond acceptors (Lipinski definition) is 6. The molecule has 1 unspecified atom stereocenters. The van der Waals surface area contributed by atoms with Gasteiger partial charge in [0.05, 0.1) is 12.7 Å². The van der Waals surface area contributed by atoms with Crippen LogP contribution in [0.2, 0.25) is 0 Å². The quantitative estimate of drug-likeness (QED) is 0.185. The first-order valence-corrected chi connectivity index (χ1v) is 12.1. The number of aryl methyl sites for hydroxylation is 1. The summed E-state index contributed by atoms with van der Waals surface area (Å²) in [6.45, 7) is 7.49. The third-order valence-corrected chi connectivity index (χ3v) is 7.02. The average Bonchev–Trinajstić information content (AvgIpc) is 2.85. The largest absolute Gasteiger partial charge is 0.508 e. The molecule has 194 valence electrons. The van der Waals surface area contributed by atoms with Crippen molar-refractivity contribution in [1.82, 2.24) is 0 Å². The number of aliphatic hydroxyl groups is 1. The molecule has 0 fully saturated rings. The van der Waals surface area contributed by atoms with E-state index in [-0.39, 0.29) is 22.8 Å². The van der Waals surface area contributed by atoms with Gasteiger partial charge in [-0.05, 0) is 97.5 Å². The Hall–Kier alpha value is -3.90. The molecule has 0 bridgehead atoms. The molecule has 1 aliphatic carbocycles. The van der Waals surface area contributed by atoms with E-state index >= 15 is 0 Å². The van der Waals surface area contributed by atoms with Crippen molar-refractivity contribution in [3.8, 4) is 17.2 Å². The van der Waals surface area contributed by atoms with Gasteiger partial charge in [-0.2, -0.15) is 0 Å². The zero-order valence-corrected chi connectivity index (χ0v) is 21.9. The van der Waals surface area contributed by atoms with Crippen LogP contribution in [0, 0.1) is 12.3 Å². The van der Waals surface area contributed by atoms with Gasteiger partial charge < -0.3 is 20.1 Å². The summed E-state index contributed by atoms with van der Waals surface area (Å²) in [6.07, 6.45) is 10.6. The first-order chi connectivity index (χ1) is 17.4. The van der Waals surface area contributed by atoms with Crippen LogP contribution in [-0.2, 0) is 9.59 Å². The van der Waals surface area contributed by atoms with Crippen LogP contribution in [0.4, 0.5) is 0 Å². The number of phenolic OH excluding ortho intramolecular Hbond substituents is 2. The highest BCUT2D eigenvalue weighted by atomic mass is 16.5. The fourth-order valence-corrected chi connectivity index (χ4v) is 4.43. The molecule has 2 aromatic rings. The molecule has 6 nitrogen and oxygen atoms in total. The Morgan fingerprint density at radius 1 is 0.946 bits per heavy atom. The molecule has 0 heterocycles. The number of aromatic hydroxyl groups is 2. The molecule has 0 aromatic heterocycles. The van der Waals surface area contributed by atoms with Gasteiger partial charge in [-0.15, -0.1) is 0 Å². The van der Waals surface area contributed by atoms with Gasteiger partial charge >= 0.3 is 0 Å². The van der Waals surface area contributed by atoms with Crippen molar-refractivity contribution in [2.45, 2.75) is 46.1 Å². The fraction of sp³-hybridized carbons (Fsp3) is 0.290. The lowest BCUT2D eigenvalue weighted by Crippen LogP contribution is -2.46. The van der Waals surface area contributed by atoms with E-state index in [1.54, 1.807) is 31.2 Å². The van der Waals surface area contributed by atoms with Crippen molar-refractivity contribution in [3.05, 3.63) is 88.5 Å². The van der Waals surface area contributed by atoms with E-state index in [0.717, 1.165) is 18.4 Å². The summed E-state index contributed by atoms with van der Waals surface area (Å²) < 4.78 is 5.15. The van der Waals surface area contributed by atoms with E-state index in [1.807, 2.05) is 26.8 Å². The maximum atomic E-state index is 13.4. The third kappa shape index (κ3) is 6.09. The van der Waals surface area contributed by atoms with Crippen LogP contribution in [0.15, 0.2) is 71.8 Å². The smallest absolute Gasteiger partial charge is 0.189 e. The Labute approximate surface area is 217 Å². The van der Waals surface area contributed by atoms with Crippen molar-refractivity contribution in [2.24, 2.45) is 5.41 Å². The fourth-order valence-electron chi connectivity index (χ4n) is 4.43. The number of phenols is 2. The second kappa shape index (κ2) is 11.0. The van der Waals surface area contributed by atoms with E-state index in [0.29, 0.717) is 16.7 Å². The van der Waals surface area contributed by atoms with Crippen molar-refractivity contribution in [1.29, 1.82) is 0 Å². The molecule has 1 atom stereocenters. The average molecular weight is 503 g/mol. The van der Waals surface area contributed by atoms with Crippen molar-refractivity contribution in [2.75, 3.05) is 7.11 Å². The topological polar surface area (TPSA) is 104 Å². The van der Waals surface area contributed by atoms with Crippen molar-refractivity contribution >= 4 is 23.7 Å². The van der Waals surface area contributed by atoms with E-state index < -0.39 is 22.6 Å². The highest BCUT2D eigenvalue weighted by molar-refractivity contribution is 6.30. The lowest BCUT2D eigenvalue weighted by atomic mass is 9.65. The molecule has 0 radical (unpaired) electrons. The lowest BCUT2D eigenvalue weighted by Gasteiger charge is -2.44. The van der Waals surface area contributed by atoms with E-state index in [9.17, 15) is 24.9 Å². The number of hydrogen-bond donors (Lipinski definition) is 3. The van der Waals surface area contributed by atoms with Crippen LogP contribution in [0.3, 0.4) is 0 Å². The first-order valence-electron chi connectivity index (χ1n) is 12.1. The molecule has 0 aliphatic heterocycles. The summed E-state index contributed by atoms with van der Waals surface area (Å²) in [6, 6.07) is 9.44. The molecule has 0 spiro atoms. The Bertz CT molecular complexity index is 1330. The SMILES string of the molecule is COc1cc(/C=C(/C(=O)/C=C/c2ccc(O)c(C)c2)C(=O)/C=C/C2(O)C(C)=CCCC2(C)C)ccc1O. The van der Waals surface area contributed by atoms with Gasteiger partial charge in [0, 0.05) is 5.41 Å². The Kier molecular flexibility index (Phi) is 8.24. The Balaban J connectivity index is 2.01. The van der Waals surface area contributed by atoms with E-state index in [2.05, 4.69) is 0 Å². The summed E-state index contributed by atoms with van der Waals surface area (Å²) in [4.78, 5) is 26.6. The third-order valence-electron chi connectivity index (χ3n) is 7.02. The summed E-state index contributed by atoms with van der Waals surface area (Å²) >= 11 is 0. The summed E-state index contributed by atoms with van der Waals surface area (Å²) in [5.74, 6) is -0.803. The van der Waals surface area contributed by atoms with Crippen LogP contribution in [0.1, 0.15) is 50.3 Å². The highest BCUT2D eigenvalue weighted by Crippen LogP contribution is 2.45. The predicted octanol–water partition coefficient (Wildman–Crippen LogP) is 5.70. The number of carbonyl (C=O) groups excluding carboxylic acids is 2. The maximum Gasteiger partial charge on any atom is 0.189 e. The molecular formula is C31H34O6. The van der Waals surface area contributed by atoms with Gasteiger partial charge in [0.2, 0.25) is 0 Å². The predicted molar refractivity (Wildman–Crippen MR) is 145 cm³/mol. The van der Waals surface area contributed by atoms with Gasteiger partial charge in [0.25, 0.3) is 0 Å². The molecular weight excluding hydrogens is 468 g/mol. The van der Waals surface area contributed by atoms with Crippen LogP contribution in [0.25, 0.3) is 12.2 Å². The number of benzene rings is 2. The minimum absolute atomic E-state index is 0.0645. The number of ether oxygens (including phenoxy) is 1. The minimum atomic E-state index is -1.32. The summed E-state index contributed by atoms with van der Waals surface area (Å²) in [7, 11) is 1.41. The minimum Gasteiger partial charge on any atom is -0.508 e. The highest BCUT2D eigenvalue weighted by Gasteiger charge is 2.44. The first kappa shape index (κ1) is 27.7. The van der Waals surface area contributed by atoms with Gasteiger partial charge in [-0.25, -0.2) is 0 Å². The van der Waals surface area contributed by atoms with Crippen molar-refractivity contribution < 1.29 is 29.6 Å². The molecule has 0 amide bonds. The van der Waals surface area contributed by atoms with E-state index in [4.69, 9.17) is 4.74 Å². The van der Waals surface area contributed by atoms with Crippen LogP contribution < -0.4 is 4.74 Å². The molecule has 2 aromatic carbocycles. The Morgan fingerprint density at radius 2 is 1.59 bits per heavy atom. The molecule has 6 heteroatoms. The zero-order valence-electron chi connectivity index (χ0n) is 21.9. The number of ketones is 2. The molecule has 3 N–H and O–H groups in total. The summed E-state index contributed by atoms with van der Waals surface area (Å²) in [5.41, 5.74) is 0.670. The summed E-state index contributed by atoms with van der Waals surface area (Å²) in [5, 5.41) is 31.1. The zero-order chi connectivity index (χ0) is 27.4. The lowest BCUT2D eigenvalue weighted by molar-refractivity contribution is -0.116. The number of allylic oxidation sites excluding steroid dienone is 4. The Morgan fingerprint density at radius 3 is 2.24 bits per heavy atom. The number of rotatable bonds is 8. The van der Waals surface area contributed by atoms with Gasteiger partial charge in [-0.1, -0.05) is 38.1 Å². The van der Waals surface area contributed by atoms with Crippen LogP contribution in [-0.4, -0.2) is 39.6 Å². The number of carbonyl (C=O) groups is 2. The van der Waals surface area contributed by atoms with E-state index in [1.165, 1.54) is 49.6 Å². The standard InChI is InChI=1S/C31H34O6/c1-20-17-22(8-11-25(20)32)9-12-26(33)24(18-23-10-13-28(35)29(19-23)37-5)27(34)14-16-31(36)21(2)7-6-15-30(31,3)4/h7-14,16-19,32,35-36H,6,15H2,1-5H3/b12-9+,16-14+,24-18-. The molecule has 0 saturated carbocycles. The molecule has 37 heavy (non-hydrogen) atoms. The monoisotopic (exact) mass is 502 g/mol. The van der Waals surface area contributed by atoms with Gasteiger partial charge in [-0.3, -0.25) is 9.59 Å². The van der Waals surface area contributed by atoms with Gasteiger partial charge in [0.1, 0.15) is 11.4 Å².